The molecule has 1 saturated heterocycles. The zero-order valence-corrected chi connectivity index (χ0v) is 17.5. The second-order valence-electron chi connectivity index (χ2n) is 7.45. The van der Waals surface area contributed by atoms with E-state index in [0.29, 0.717) is 11.4 Å². The largest absolute Gasteiger partial charge is 0.470 e. The van der Waals surface area contributed by atoms with Gasteiger partial charge in [0.05, 0.1) is 24.8 Å². The van der Waals surface area contributed by atoms with Crippen molar-refractivity contribution in [2.75, 3.05) is 13.1 Å². The summed E-state index contributed by atoms with van der Waals surface area (Å²) in [6.07, 6.45) is 4.10. The summed E-state index contributed by atoms with van der Waals surface area (Å²) in [5.41, 5.74) is 1.03. The number of likely N-dealkylation sites (tertiary alicyclic amines) is 1. The molecule has 0 bridgehead atoms. The Morgan fingerprint density at radius 2 is 1.94 bits per heavy atom. The number of hydrogen-bond donors (Lipinski definition) is 0. The maximum absolute atomic E-state index is 13.6. The number of rotatable bonds is 3. The van der Waals surface area contributed by atoms with Crippen LogP contribution in [0.1, 0.15) is 16.2 Å². The molecule has 0 radical (unpaired) electrons. The minimum atomic E-state index is -3.93. The average Bonchev–Trinajstić information content (AvgIpc) is 3.37. The van der Waals surface area contributed by atoms with Crippen LogP contribution in [0.5, 0.6) is 5.88 Å². The highest BCUT2D eigenvalue weighted by atomic mass is 32.2. The van der Waals surface area contributed by atoms with Crippen molar-refractivity contribution in [3.05, 3.63) is 66.4 Å². The highest BCUT2D eigenvalue weighted by Gasteiger charge is 2.49. The number of hydrogen-bond acceptors (Lipinski definition) is 7. The van der Waals surface area contributed by atoms with E-state index in [4.69, 9.17) is 4.74 Å². The number of aryl methyl sites for hydroxylation is 1. The molecule has 1 amide bonds. The fraction of sp³-hybridized carbons (Fsp3) is 0.300. The molecule has 0 saturated carbocycles. The Bertz CT molecular complexity index is 1230. The van der Waals surface area contributed by atoms with E-state index in [0.717, 1.165) is 0 Å². The number of carbonyl (C=O) groups is 1. The first-order chi connectivity index (χ1) is 14.9. The third kappa shape index (κ3) is 3.35. The Morgan fingerprint density at radius 3 is 2.68 bits per heavy atom. The van der Waals surface area contributed by atoms with Crippen molar-refractivity contribution in [1.82, 2.24) is 29.0 Å². The molecule has 2 aliphatic rings. The van der Waals surface area contributed by atoms with Crippen LogP contribution in [-0.2, 0) is 23.6 Å². The number of nitrogens with zero attached hydrogens (tertiary/aromatic N) is 6. The van der Waals surface area contributed by atoms with Gasteiger partial charge in [0.15, 0.2) is 0 Å². The molecule has 11 heteroatoms. The topological polar surface area (TPSA) is 111 Å². The summed E-state index contributed by atoms with van der Waals surface area (Å²) in [7, 11) is -2.24. The van der Waals surface area contributed by atoms with E-state index in [2.05, 4.69) is 15.1 Å². The first-order valence-corrected chi connectivity index (χ1v) is 11.2. The van der Waals surface area contributed by atoms with E-state index in [1.165, 1.54) is 21.3 Å². The van der Waals surface area contributed by atoms with Crippen LogP contribution in [0, 0.1) is 0 Å². The maximum atomic E-state index is 13.6. The summed E-state index contributed by atoms with van der Waals surface area (Å²) < 4.78 is 36.1. The second kappa shape index (κ2) is 7.43. The highest BCUT2D eigenvalue weighted by Crippen LogP contribution is 2.35. The Kier molecular flexibility index (Phi) is 4.71. The van der Waals surface area contributed by atoms with Gasteiger partial charge in [0.1, 0.15) is 16.7 Å². The van der Waals surface area contributed by atoms with Crippen molar-refractivity contribution in [2.45, 2.75) is 23.6 Å². The van der Waals surface area contributed by atoms with Crippen LogP contribution in [0.4, 0.5) is 0 Å². The molecule has 0 unspecified atom stereocenters. The molecule has 2 atom stereocenters. The van der Waals surface area contributed by atoms with Gasteiger partial charge < -0.3 is 9.64 Å². The van der Waals surface area contributed by atoms with E-state index >= 15 is 0 Å². The summed E-state index contributed by atoms with van der Waals surface area (Å²) in [6, 6.07) is 9.46. The third-order valence-electron chi connectivity index (χ3n) is 5.56. The van der Waals surface area contributed by atoms with Gasteiger partial charge in [0.2, 0.25) is 15.9 Å². The van der Waals surface area contributed by atoms with Crippen molar-refractivity contribution in [1.29, 1.82) is 0 Å². The standard InChI is InChI=1S/C20H20N6O4S/c1-24-15(7-10-23-24)20(27)25-12-16-17(13-25)30-19-18(6-4-9-22-19)31(28,29)26(16)11-14-5-2-3-8-21-14/h2-10,16-17H,11-13H2,1H3/t16-,17+/m1/s1. The van der Waals surface area contributed by atoms with Crippen molar-refractivity contribution < 1.29 is 17.9 Å². The first-order valence-electron chi connectivity index (χ1n) is 9.76. The lowest BCUT2D eigenvalue weighted by Gasteiger charge is -2.27. The number of carbonyl (C=O) groups excluding carboxylic acids is 1. The smallest absolute Gasteiger partial charge is 0.272 e. The predicted molar refractivity (Wildman–Crippen MR) is 109 cm³/mol. The predicted octanol–water partition coefficient (Wildman–Crippen LogP) is 0.687. The van der Waals surface area contributed by atoms with Crippen molar-refractivity contribution in [2.24, 2.45) is 7.05 Å². The lowest BCUT2D eigenvalue weighted by Crippen LogP contribution is -2.46. The Hall–Kier alpha value is -3.31. The summed E-state index contributed by atoms with van der Waals surface area (Å²) in [5.74, 6) is -0.177. The van der Waals surface area contributed by atoms with Gasteiger partial charge in [-0.05, 0) is 30.3 Å². The van der Waals surface area contributed by atoms with Crippen LogP contribution >= 0.6 is 0 Å². The van der Waals surface area contributed by atoms with Crippen LogP contribution in [0.15, 0.2) is 59.9 Å². The molecular weight excluding hydrogens is 420 g/mol. The van der Waals surface area contributed by atoms with Gasteiger partial charge in [0, 0.05) is 32.2 Å². The van der Waals surface area contributed by atoms with Crippen LogP contribution in [0.3, 0.4) is 0 Å². The zero-order valence-electron chi connectivity index (χ0n) is 16.7. The maximum Gasteiger partial charge on any atom is 0.272 e. The highest BCUT2D eigenvalue weighted by molar-refractivity contribution is 7.89. The molecule has 10 nitrogen and oxygen atoms in total. The minimum Gasteiger partial charge on any atom is -0.470 e. The van der Waals surface area contributed by atoms with Crippen molar-refractivity contribution >= 4 is 15.9 Å². The second-order valence-corrected chi connectivity index (χ2v) is 9.31. The molecule has 0 N–H and O–H groups in total. The normalized spacial score (nSPS) is 22.3. The molecule has 3 aromatic rings. The Balaban J connectivity index is 1.54. The van der Waals surface area contributed by atoms with Gasteiger partial charge in [-0.3, -0.25) is 14.5 Å². The van der Waals surface area contributed by atoms with E-state index in [9.17, 15) is 13.2 Å². The SMILES string of the molecule is Cn1nccc1C(=O)N1C[C@@H]2Oc3ncccc3S(=O)(=O)N(Cc3ccccn3)[C@@H]2C1. The fourth-order valence-corrected chi connectivity index (χ4v) is 5.71. The minimum absolute atomic E-state index is 0.0184. The number of ether oxygens (including phenoxy) is 1. The van der Waals surface area contributed by atoms with Crippen LogP contribution in [0.25, 0.3) is 0 Å². The molecule has 1 fully saturated rings. The van der Waals surface area contributed by atoms with E-state index < -0.39 is 22.2 Å². The van der Waals surface area contributed by atoms with Gasteiger partial charge in [-0.15, -0.1) is 0 Å². The lowest BCUT2D eigenvalue weighted by molar-refractivity contribution is 0.0759. The van der Waals surface area contributed by atoms with Crippen molar-refractivity contribution in [3.63, 3.8) is 0 Å². The molecule has 31 heavy (non-hydrogen) atoms. The van der Waals surface area contributed by atoms with Gasteiger partial charge in [-0.1, -0.05) is 6.07 Å². The quantitative estimate of drug-likeness (QED) is 0.589. The summed E-state index contributed by atoms with van der Waals surface area (Å²) >= 11 is 0. The van der Waals surface area contributed by atoms with Gasteiger partial charge in [0.25, 0.3) is 5.91 Å². The van der Waals surface area contributed by atoms with Gasteiger partial charge >= 0.3 is 0 Å². The summed E-state index contributed by atoms with van der Waals surface area (Å²) in [6.45, 7) is 0.490. The third-order valence-corrected chi connectivity index (χ3v) is 7.45. The number of sulfonamides is 1. The fourth-order valence-electron chi connectivity index (χ4n) is 4.02. The van der Waals surface area contributed by atoms with Crippen LogP contribution in [-0.4, -0.2) is 68.5 Å². The molecule has 5 rings (SSSR count). The van der Waals surface area contributed by atoms with Crippen LogP contribution < -0.4 is 4.74 Å². The average molecular weight is 440 g/mol. The number of amides is 1. The molecule has 3 aromatic heterocycles. The Morgan fingerprint density at radius 1 is 1.10 bits per heavy atom. The molecule has 0 aromatic carbocycles. The molecule has 160 valence electrons. The van der Waals surface area contributed by atoms with E-state index in [-0.39, 0.29) is 36.3 Å². The molecule has 0 spiro atoms. The van der Waals surface area contributed by atoms with Crippen molar-refractivity contribution in [3.8, 4) is 5.88 Å². The van der Waals surface area contributed by atoms with E-state index in [1.807, 2.05) is 6.07 Å². The number of aromatic nitrogens is 4. The first kappa shape index (κ1) is 19.6. The van der Waals surface area contributed by atoms with Gasteiger partial charge in [-0.25, -0.2) is 13.4 Å². The van der Waals surface area contributed by atoms with Gasteiger partial charge in [-0.2, -0.15) is 9.40 Å². The molecule has 2 aliphatic heterocycles. The summed E-state index contributed by atoms with van der Waals surface area (Å²) in [5, 5.41) is 4.05. The van der Waals surface area contributed by atoms with E-state index in [1.54, 1.807) is 48.6 Å². The monoisotopic (exact) mass is 440 g/mol. The molecule has 0 aliphatic carbocycles. The summed E-state index contributed by atoms with van der Waals surface area (Å²) in [4.78, 5) is 23.1. The molecular formula is C20H20N6O4S. The number of pyridine rings is 2. The van der Waals surface area contributed by atoms with Crippen LogP contribution in [0.2, 0.25) is 0 Å². The molecule has 5 heterocycles. The zero-order chi connectivity index (χ0) is 21.6. The number of fused-ring (bicyclic) bond motifs is 2. The Labute approximate surface area is 179 Å². The lowest BCUT2D eigenvalue weighted by atomic mass is 10.2.